The summed E-state index contributed by atoms with van der Waals surface area (Å²) in [6.07, 6.45) is -3.85. The number of alkyl halides is 3. The van der Waals surface area contributed by atoms with Crippen LogP contribution in [0.2, 0.25) is 5.02 Å². The molecule has 2 aromatic heterocycles. The van der Waals surface area contributed by atoms with Gasteiger partial charge in [0.05, 0.1) is 10.6 Å². The van der Waals surface area contributed by atoms with Crippen molar-refractivity contribution in [1.29, 1.82) is 0 Å². The van der Waals surface area contributed by atoms with Crippen molar-refractivity contribution < 1.29 is 18.3 Å². The molecule has 0 aliphatic carbocycles. The predicted molar refractivity (Wildman–Crippen MR) is 62.6 cm³/mol. The molecule has 0 amide bonds. The molecule has 7 heteroatoms. The van der Waals surface area contributed by atoms with Crippen molar-refractivity contribution in [3.05, 3.63) is 50.9 Å². The predicted octanol–water partition coefficient (Wildman–Crippen LogP) is 3.90. The van der Waals surface area contributed by atoms with E-state index in [2.05, 4.69) is 4.98 Å². The maximum Gasteiger partial charge on any atom is 0.416 e. The summed E-state index contributed by atoms with van der Waals surface area (Å²) in [6.45, 7) is 0. The monoisotopic (exact) mass is 293 g/mol. The van der Waals surface area contributed by atoms with Crippen LogP contribution < -0.4 is 0 Å². The second-order valence-corrected chi connectivity index (χ2v) is 4.91. The number of thiophene rings is 1. The highest BCUT2D eigenvalue weighted by molar-refractivity contribution is 7.10. The van der Waals surface area contributed by atoms with Crippen molar-refractivity contribution in [2.45, 2.75) is 12.3 Å². The molecule has 0 bridgehead atoms. The lowest BCUT2D eigenvalue weighted by Gasteiger charge is -2.15. The number of pyridine rings is 1. The average Bonchev–Trinajstić information content (AvgIpc) is 2.74. The Morgan fingerprint density at radius 3 is 2.67 bits per heavy atom. The Morgan fingerprint density at radius 2 is 2.11 bits per heavy atom. The van der Waals surface area contributed by atoms with Crippen LogP contribution in [0.25, 0.3) is 0 Å². The number of hydrogen-bond donors (Lipinski definition) is 1. The van der Waals surface area contributed by atoms with Gasteiger partial charge in [-0.3, -0.25) is 4.98 Å². The minimum atomic E-state index is -4.53. The van der Waals surface area contributed by atoms with Crippen molar-refractivity contribution >= 4 is 22.9 Å². The fourth-order valence-corrected chi connectivity index (χ4v) is 2.59. The zero-order valence-corrected chi connectivity index (χ0v) is 10.4. The lowest BCUT2D eigenvalue weighted by atomic mass is 10.0. The second kappa shape index (κ2) is 4.87. The van der Waals surface area contributed by atoms with Crippen LogP contribution in [-0.4, -0.2) is 10.1 Å². The molecule has 1 unspecified atom stereocenters. The van der Waals surface area contributed by atoms with E-state index >= 15 is 0 Å². The Hall–Kier alpha value is -1.11. The van der Waals surface area contributed by atoms with Gasteiger partial charge in [0.25, 0.3) is 0 Å². The molecule has 2 aromatic rings. The minimum Gasteiger partial charge on any atom is -0.383 e. The summed E-state index contributed by atoms with van der Waals surface area (Å²) in [5, 5.41) is 11.9. The zero-order chi connectivity index (χ0) is 13.3. The normalized spacial score (nSPS) is 13.6. The van der Waals surface area contributed by atoms with Gasteiger partial charge in [-0.15, -0.1) is 11.3 Å². The maximum absolute atomic E-state index is 12.8. The molecule has 0 radical (unpaired) electrons. The third-order valence-electron chi connectivity index (χ3n) is 2.31. The number of rotatable bonds is 2. The molecule has 96 valence electrons. The first-order chi connectivity index (χ1) is 8.39. The van der Waals surface area contributed by atoms with Crippen LogP contribution in [0.4, 0.5) is 13.2 Å². The largest absolute Gasteiger partial charge is 0.416 e. The van der Waals surface area contributed by atoms with Crippen molar-refractivity contribution in [2.75, 3.05) is 0 Å². The Balaban J connectivity index is 2.45. The molecule has 0 saturated heterocycles. The SMILES string of the molecule is OC(c1cc(Cl)cs1)c1cnccc1C(F)(F)F. The molecular weight excluding hydrogens is 287 g/mol. The van der Waals surface area contributed by atoms with E-state index in [4.69, 9.17) is 11.6 Å². The zero-order valence-electron chi connectivity index (χ0n) is 8.78. The van der Waals surface area contributed by atoms with E-state index in [1.54, 1.807) is 5.38 Å². The summed E-state index contributed by atoms with van der Waals surface area (Å²) in [7, 11) is 0. The van der Waals surface area contributed by atoms with Crippen LogP contribution >= 0.6 is 22.9 Å². The van der Waals surface area contributed by atoms with Gasteiger partial charge in [-0.2, -0.15) is 13.2 Å². The molecule has 2 rings (SSSR count). The highest BCUT2D eigenvalue weighted by Gasteiger charge is 2.35. The maximum atomic E-state index is 12.8. The summed E-state index contributed by atoms with van der Waals surface area (Å²) < 4.78 is 38.3. The fraction of sp³-hybridized carbons (Fsp3) is 0.182. The van der Waals surface area contributed by atoms with Crippen molar-refractivity contribution in [1.82, 2.24) is 4.98 Å². The molecule has 0 aliphatic heterocycles. The van der Waals surface area contributed by atoms with E-state index in [1.165, 1.54) is 6.07 Å². The van der Waals surface area contributed by atoms with Crippen LogP contribution in [0.15, 0.2) is 29.9 Å². The van der Waals surface area contributed by atoms with Gasteiger partial charge in [-0.05, 0) is 12.1 Å². The lowest BCUT2D eigenvalue weighted by molar-refractivity contribution is -0.139. The first-order valence-corrected chi connectivity index (χ1v) is 6.08. The summed E-state index contributed by atoms with van der Waals surface area (Å²) in [6, 6.07) is 2.28. The Labute approximate surface area is 110 Å². The first-order valence-electron chi connectivity index (χ1n) is 4.82. The van der Waals surface area contributed by atoms with Gasteiger partial charge >= 0.3 is 6.18 Å². The molecule has 18 heavy (non-hydrogen) atoms. The molecule has 0 aromatic carbocycles. The summed E-state index contributed by atoms with van der Waals surface area (Å²) in [5.74, 6) is 0. The van der Waals surface area contributed by atoms with Crippen LogP contribution in [-0.2, 0) is 6.18 Å². The van der Waals surface area contributed by atoms with Gasteiger partial charge in [0, 0.05) is 28.2 Å². The highest BCUT2D eigenvalue weighted by atomic mass is 35.5. The van der Waals surface area contributed by atoms with Gasteiger partial charge in [0.1, 0.15) is 6.10 Å². The number of aliphatic hydroxyl groups excluding tert-OH is 1. The van der Waals surface area contributed by atoms with E-state index in [0.29, 0.717) is 9.90 Å². The third kappa shape index (κ3) is 2.66. The third-order valence-corrected chi connectivity index (χ3v) is 3.64. The van der Waals surface area contributed by atoms with E-state index < -0.39 is 17.8 Å². The van der Waals surface area contributed by atoms with Gasteiger partial charge in [-0.25, -0.2) is 0 Å². The van der Waals surface area contributed by atoms with Gasteiger partial charge in [-0.1, -0.05) is 11.6 Å². The molecule has 0 aliphatic rings. The molecule has 2 heterocycles. The molecular formula is C11H7ClF3NOS. The van der Waals surface area contributed by atoms with E-state index in [-0.39, 0.29) is 5.56 Å². The van der Waals surface area contributed by atoms with Crippen LogP contribution in [0, 0.1) is 0 Å². The molecule has 1 N–H and O–H groups in total. The van der Waals surface area contributed by atoms with Crippen LogP contribution in [0.5, 0.6) is 0 Å². The molecule has 0 spiro atoms. The number of nitrogens with zero attached hydrogens (tertiary/aromatic N) is 1. The Bertz CT molecular complexity index is 555. The standard InChI is InChI=1S/C11H7ClF3NOS/c12-6-3-9(18-5-6)10(17)7-4-16-2-1-8(7)11(13,14)15/h1-5,10,17H. The van der Waals surface area contributed by atoms with Crippen LogP contribution in [0.1, 0.15) is 22.1 Å². The van der Waals surface area contributed by atoms with E-state index in [1.807, 2.05) is 0 Å². The summed E-state index contributed by atoms with van der Waals surface area (Å²) in [5.41, 5.74) is -1.17. The van der Waals surface area contributed by atoms with Gasteiger partial charge < -0.3 is 5.11 Å². The van der Waals surface area contributed by atoms with Crippen molar-refractivity contribution in [3.8, 4) is 0 Å². The van der Waals surface area contributed by atoms with Crippen molar-refractivity contribution in [2.24, 2.45) is 0 Å². The Morgan fingerprint density at radius 1 is 1.39 bits per heavy atom. The summed E-state index contributed by atoms with van der Waals surface area (Å²) >= 11 is 6.78. The molecule has 1 atom stereocenters. The number of aromatic nitrogens is 1. The number of aliphatic hydroxyl groups is 1. The van der Waals surface area contributed by atoms with Crippen LogP contribution in [0.3, 0.4) is 0 Å². The second-order valence-electron chi connectivity index (χ2n) is 3.53. The molecule has 2 nitrogen and oxygen atoms in total. The number of halogens is 4. The minimum absolute atomic E-state index is 0.275. The average molecular weight is 294 g/mol. The fourth-order valence-electron chi connectivity index (χ4n) is 1.51. The first kappa shape index (κ1) is 13.3. The van der Waals surface area contributed by atoms with Gasteiger partial charge in [0.15, 0.2) is 0 Å². The Kier molecular flexibility index (Phi) is 3.61. The van der Waals surface area contributed by atoms with Crippen molar-refractivity contribution in [3.63, 3.8) is 0 Å². The van der Waals surface area contributed by atoms with E-state index in [9.17, 15) is 18.3 Å². The summed E-state index contributed by atoms with van der Waals surface area (Å²) in [4.78, 5) is 3.97. The smallest absolute Gasteiger partial charge is 0.383 e. The van der Waals surface area contributed by atoms with E-state index in [0.717, 1.165) is 29.8 Å². The highest BCUT2D eigenvalue weighted by Crippen LogP contribution is 2.37. The number of hydrogen-bond acceptors (Lipinski definition) is 3. The van der Waals surface area contributed by atoms with Gasteiger partial charge in [0.2, 0.25) is 0 Å². The topological polar surface area (TPSA) is 33.1 Å². The lowest BCUT2D eigenvalue weighted by Crippen LogP contribution is -2.12. The quantitative estimate of drug-likeness (QED) is 0.911. The molecule has 0 saturated carbocycles. The molecule has 0 fully saturated rings.